The maximum atomic E-state index is 11.6. The first-order chi connectivity index (χ1) is 9.04. The first-order valence-corrected chi connectivity index (χ1v) is 6.01. The Labute approximate surface area is 112 Å². The van der Waals surface area contributed by atoms with E-state index in [4.69, 9.17) is 5.26 Å². The summed E-state index contributed by atoms with van der Waals surface area (Å²) in [6.45, 7) is 2.47. The summed E-state index contributed by atoms with van der Waals surface area (Å²) in [4.78, 5) is 23.8. The van der Waals surface area contributed by atoms with E-state index in [1.54, 1.807) is 6.07 Å². The summed E-state index contributed by atoms with van der Waals surface area (Å²) in [6, 6.07) is 9.28. The largest absolute Gasteiger partial charge is 0.337 e. The van der Waals surface area contributed by atoms with Gasteiger partial charge in [0.1, 0.15) is 6.42 Å². The summed E-state index contributed by atoms with van der Waals surface area (Å²) in [7, 11) is 1.36. The van der Waals surface area contributed by atoms with Crippen LogP contribution in [0.2, 0.25) is 0 Å². The molecule has 0 saturated heterocycles. The first-order valence-electron chi connectivity index (χ1n) is 6.01. The van der Waals surface area contributed by atoms with E-state index < -0.39 is 11.9 Å². The van der Waals surface area contributed by atoms with Crippen molar-refractivity contribution < 1.29 is 9.59 Å². The van der Waals surface area contributed by atoms with Crippen LogP contribution < -0.4 is 5.32 Å². The average molecular weight is 259 g/mol. The molecule has 0 spiro atoms. The minimum Gasteiger partial charge on any atom is -0.337 e. The van der Waals surface area contributed by atoms with E-state index in [2.05, 4.69) is 5.32 Å². The summed E-state index contributed by atoms with van der Waals surface area (Å²) in [5, 5.41) is 11.0. The molecule has 5 heteroatoms. The minimum absolute atomic E-state index is 0.290. The zero-order valence-corrected chi connectivity index (χ0v) is 11.1. The lowest BCUT2D eigenvalue weighted by Gasteiger charge is -2.14. The molecule has 3 amide bonds. The lowest BCUT2D eigenvalue weighted by Crippen LogP contribution is -2.41. The van der Waals surface area contributed by atoms with Crippen LogP contribution in [0.15, 0.2) is 24.3 Å². The molecule has 19 heavy (non-hydrogen) atoms. The van der Waals surface area contributed by atoms with E-state index in [1.807, 2.05) is 31.2 Å². The highest BCUT2D eigenvalue weighted by atomic mass is 16.2. The topological polar surface area (TPSA) is 73.2 Å². The van der Waals surface area contributed by atoms with Crippen LogP contribution in [0.4, 0.5) is 4.79 Å². The Hall–Kier alpha value is -2.35. The molecule has 0 atom stereocenters. The standard InChI is InChI=1S/C14H17N3O2/c1-11-3-5-12(6-4-11)8-10-16-14(19)17(2)13(18)7-9-15/h3-6H,7-8,10H2,1-2H3,(H,16,19). The maximum Gasteiger partial charge on any atom is 0.323 e. The molecule has 0 unspecified atom stereocenters. The van der Waals surface area contributed by atoms with E-state index in [0.29, 0.717) is 13.0 Å². The highest BCUT2D eigenvalue weighted by Crippen LogP contribution is 2.03. The zero-order valence-electron chi connectivity index (χ0n) is 11.1. The number of nitrogens with one attached hydrogen (secondary N) is 1. The second-order valence-electron chi connectivity index (χ2n) is 4.26. The number of amides is 3. The molecule has 0 bridgehead atoms. The van der Waals surface area contributed by atoms with Gasteiger partial charge in [-0.25, -0.2) is 4.79 Å². The fourth-order valence-electron chi connectivity index (χ4n) is 1.49. The van der Waals surface area contributed by atoms with E-state index in [-0.39, 0.29) is 6.42 Å². The van der Waals surface area contributed by atoms with Gasteiger partial charge in [-0.1, -0.05) is 29.8 Å². The van der Waals surface area contributed by atoms with Crippen LogP contribution in [-0.4, -0.2) is 30.4 Å². The van der Waals surface area contributed by atoms with Crippen LogP contribution in [0.1, 0.15) is 17.5 Å². The molecule has 0 aliphatic carbocycles. The summed E-state index contributed by atoms with van der Waals surface area (Å²) < 4.78 is 0. The van der Waals surface area contributed by atoms with E-state index >= 15 is 0 Å². The molecule has 0 aromatic heterocycles. The highest BCUT2D eigenvalue weighted by Gasteiger charge is 2.15. The van der Waals surface area contributed by atoms with Gasteiger partial charge in [0.15, 0.2) is 0 Å². The maximum absolute atomic E-state index is 11.6. The fraction of sp³-hybridized carbons (Fsp3) is 0.357. The normalized spacial score (nSPS) is 9.53. The molecule has 1 rings (SSSR count). The number of nitrogens with zero attached hydrogens (tertiary/aromatic N) is 2. The van der Waals surface area contributed by atoms with Crippen molar-refractivity contribution in [3.63, 3.8) is 0 Å². The number of hydrogen-bond donors (Lipinski definition) is 1. The Morgan fingerprint density at radius 1 is 1.32 bits per heavy atom. The Kier molecular flexibility index (Phi) is 5.55. The summed E-state index contributed by atoms with van der Waals surface area (Å²) in [6.07, 6.45) is 0.411. The second-order valence-corrected chi connectivity index (χ2v) is 4.26. The molecule has 0 aliphatic rings. The summed E-state index contributed by atoms with van der Waals surface area (Å²) >= 11 is 0. The van der Waals surface area contributed by atoms with Gasteiger partial charge in [-0.15, -0.1) is 0 Å². The van der Waals surface area contributed by atoms with Crippen molar-refractivity contribution in [2.45, 2.75) is 19.8 Å². The van der Waals surface area contributed by atoms with Crippen LogP contribution in [0.3, 0.4) is 0 Å². The molecule has 100 valence electrons. The van der Waals surface area contributed by atoms with Gasteiger partial charge in [0.05, 0.1) is 6.07 Å². The molecule has 0 radical (unpaired) electrons. The van der Waals surface area contributed by atoms with Gasteiger partial charge in [0.25, 0.3) is 0 Å². The number of aryl methyl sites for hydroxylation is 1. The monoisotopic (exact) mass is 259 g/mol. The molecule has 1 aromatic carbocycles. The molecule has 0 aliphatic heterocycles. The smallest absolute Gasteiger partial charge is 0.323 e. The SMILES string of the molecule is Cc1ccc(CCNC(=O)N(C)C(=O)CC#N)cc1. The number of nitriles is 1. The number of carbonyl (C=O) groups is 2. The van der Waals surface area contributed by atoms with Crippen molar-refractivity contribution in [1.29, 1.82) is 5.26 Å². The van der Waals surface area contributed by atoms with Gasteiger partial charge in [0.2, 0.25) is 5.91 Å². The Balaban J connectivity index is 2.36. The summed E-state index contributed by atoms with van der Waals surface area (Å²) in [5.74, 6) is -0.504. The highest BCUT2D eigenvalue weighted by molar-refractivity contribution is 5.94. The third kappa shape index (κ3) is 4.80. The molecule has 1 aromatic rings. The van der Waals surface area contributed by atoms with Gasteiger partial charge >= 0.3 is 6.03 Å². The van der Waals surface area contributed by atoms with Crippen LogP contribution >= 0.6 is 0 Å². The van der Waals surface area contributed by atoms with Gasteiger partial charge < -0.3 is 5.32 Å². The van der Waals surface area contributed by atoms with E-state index in [0.717, 1.165) is 10.5 Å². The lowest BCUT2D eigenvalue weighted by molar-refractivity contribution is -0.126. The van der Waals surface area contributed by atoms with Crippen LogP contribution in [-0.2, 0) is 11.2 Å². The molecule has 0 fully saturated rings. The average Bonchev–Trinajstić information content (AvgIpc) is 2.40. The molecule has 1 N–H and O–H groups in total. The Bertz CT molecular complexity index is 488. The third-order valence-corrected chi connectivity index (χ3v) is 2.72. The van der Waals surface area contributed by atoms with Crippen molar-refractivity contribution >= 4 is 11.9 Å². The molecular weight excluding hydrogens is 242 g/mol. The van der Waals surface area contributed by atoms with Crippen molar-refractivity contribution in [1.82, 2.24) is 10.2 Å². The quantitative estimate of drug-likeness (QED) is 0.893. The zero-order chi connectivity index (χ0) is 14.3. The number of carbonyl (C=O) groups excluding carboxylic acids is 2. The lowest BCUT2D eigenvalue weighted by atomic mass is 10.1. The molecule has 5 nitrogen and oxygen atoms in total. The van der Waals surface area contributed by atoms with Crippen LogP contribution in [0.5, 0.6) is 0 Å². The number of hydrogen-bond acceptors (Lipinski definition) is 3. The molecular formula is C14H17N3O2. The van der Waals surface area contributed by atoms with Gasteiger partial charge in [-0.2, -0.15) is 5.26 Å². The Morgan fingerprint density at radius 3 is 2.53 bits per heavy atom. The number of imide groups is 1. The summed E-state index contributed by atoms with van der Waals surface area (Å²) in [5.41, 5.74) is 2.31. The first kappa shape index (κ1) is 14.7. The van der Waals surface area contributed by atoms with Gasteiger partial charge in [-0.05, 0) is 18.9 Å². The van der Waals surface area contributed by atoms with E-state index in [1.165, 1.54) is 12.6 Å². The third-order valence-electron chi connectivity index (χ3n) is 2.72. The predicted molar refractivity (Wildman–Crippen MR) is 71.3 cm³/mol. The Morgan fingerprint density at radius 2 is 1.95 bits per heavy atom. The number of urea groups is 1. The molecule has 0 saturated carbocycles. The second kappa shape index (κ2) is 7.17. The van der Waals surface area contributed by atoms with Crippen molar-refractivity contribution in [3.05, 3.63) is 35.4 Å². The van der Waals surface area contributed by atoms with Gasteiger partial charge in [-0.3, -0.25) is 9.69 Å². The van der Waals surface area contributed by atoms with Crippen molar-refractivity contribution in [2.75, 3.05) is 13.6 Å². The van der Waals surface area contributed by atoms with Crippen molar-refractivity contribution in [3.8, 4) is 6.07 Å². The minimum atomic E-state index is -0.504. The number of benzene rings is 1. The fourth-order valence-corrected chi connectivity index (χ4v) is 1.49. The van der Waals surface area contributed by atoms with Gasteiger partial charge in [0, 0.05) is 13.6 Å². The van der Waals surface area contributed by atoms with Crippen molar-refractivity contribution in [2.24, 2.45) is 0 Å². The van der Waals surface area contributed by atoms with E-state index in [9.17, 15) is 9.59 Å². The number of rotatable bonds is 4. The van der Waals surface area contributed by atoms with Crippen LogP contribution in [0, 0.1) is 18.3 Å². The predicted octanol–water partition coefficient (Wildman–Crippen LogP) is 1.62. The molecule has 0 heterocycles. The van der Waals surface area contributed by atoms with Crippen LogP contribution in [0.25, 0.3) is 0 Å².